The average Bonchev–Trinajstić information content (AvgIpc) is 2.40. The predicted molar refractivity (Wildman–Crippen MR) is 89.3 cm³/mol. The first-order chi connectivity index (χ1) is 9.51. The maximum Gasteiger partial charge on any atom is 0.124 e. The molecule has 0 bridgehead atoms. The number of halogens is 4. The Labute approximate surface area is 140 Å². The van der Waals surface area contributed by atoms with E-state index in [1.165, 1.54) is 12.1 Å². The van der Waals surface area contributed by atoms with Crippen LogP contribution in [0.1, 0.15) is 17.2 Å². The monoisotopic (exact) mass is 424 g/mol. The van der Waals surface area contributed by atoms with Gasteiger partial charge in [-0.2, -0.15) is 0 Å². The minimum absolute atomic E-state index is 0.168. The molecule has 6 heteroatoms. The highest BCUT2D eigenvalue weighted by Crippen LogP contribution is 2.28. The molecule has 2 aromatic rings. The van der Waals surface area contributed by atoms with Crippen LogP contribution in [0.15, 0.2) is 36.4 Å². The number of hydrogen-bond acceptors (Lipinski definition) is 2. The summed E-state index contributed by atoms with van der Waals surface area (Å²) in [5, 5.41) is 1.25. The van der Waals surface area contributed by atoms with Gasteiger partial charge in [-0.1, -0.05) is 29.3 Å². The van der Waals surface area contributed by atoms with Crippen molar-refractivity contribution in [3.05, 3.63) is 67.0 Å². The molecule has 20 heavy (non-hydrogen) atoms. The van der Waals surface area contributed by atoms with Crippen LogP contribution >= 0.6 is 45.8 Å². The van der Waals surface area contributed by atoms with Gasteiger partial charge in [-0.3, -0.25) is 11.3 Å². The van der Waals surface area contributed by atoms with Crippen LogP contribution in [0.5, 0.6) is 0 Å². The predicted octanol–water partition coefficient (Wildman–Crippen LogP) is 4.48. The molecule has 0 radical (unpaired) electrons. The van der Waals surface area contributed by atoms with Crippen LogP contribution < -0.4 is 11.3 Å². The van der Waals surface area contributed by atoms with E-state index < -0.39 is 0 Å². The fourth-order valence-corrected chi connectivity index (χ4v) is 3.21. The third-order valence-corrected chi connectivity index (χ3v) is 4.51. The second kappa shape index (κ2) is 7.04. The van der Waals surface area contributed by atoms with Crippen LogP contribution in [0.4, 0.5) is 4.39 Å². The van der Waals surface area contributed by atoms with Crippen molar-refractivity contribution in [1.82, 2.24) is 5.43 Å². The first kappa shape index (κ1) is 16.0. The molecule has 1 unspecified atom stereocenters. The van der Waals surface area contributed by atoms with E-state index >= 15 is 0 Å². The molecule has 2 nitrogen and oxygen atoms in total. The summed E-state index contributed by atoms with van der Waals surface area (Å²) in [7, 11) is 0. The lowest BCUT2D eigenvalue weighted by Gasteiger charge is -2.19. The molecule has 0 spiro atoms. The molecule has 3 N–H and O–H groups in total. The molecule has 1 atom stereocenters. The van der Waals surface area contributed by atoms with Crippen LogP contribution in [0.25, 0.3) is 0 Å². The quantitative estimate of drug-likeness (QED) is 0.431. The third-order valence-electron chi connectivity index (χ3n) is 2.97. The Morgan fingerprint density at radius 2 is 1.95 bits per heavy atom. The second-order valence-corrected chi connectivity index (χ2v) is 6.33. The molecule has 2 rings (SSSR count). The zero-order valence-electron chi connectivity index (χ0n) is 10.3. The van der Waals surface area contributed by atoms with E-state index in [0.717, 1.165) is 14.7 Å². The van der Waals surface area contributed by atoms with Crippen molar-refractivity contribution in [1.29, 1.82) is 0 Å². The fourth-order valence-electron chi connectivity index (χ4n) is 1.96. The topological polar surface area (TPSA) is 38.0 Å². The molecule has 0 aliphatic carbocycles. The van der Waals surface area contributed by atoms with Crippen molar-refractivity contribution in [2.75, 3.05) is 0 Å². The number of benzene rings is 2. The lowest BCUT2D eigenvalue weighted by atomic mass is 9.99. The Kier molecular flexibility index (Phi) is 5.63. The van der Waals surface area contributed by atoms with E-state index in [-0.39, 0.29) is 11.9 Å². The van der Waals surface area contributed by atoms with Crippen LogP contribution in [0.3, 0.4) is 0 Å². The molecular weight excluding hydrogens is 413 g/mol. The maximum atomic E-state index is 13.2. The number of nitrogens with two attached hydrogens (primary N) is 1. The highest BCUT2D eigenvalue weighted by molar-refractivity contribution is 14.1. The van der Waals surface area contributed by atoms with Crippen LogP contribution in [-0.2, 0) is 6.42 Å². The SMILES string of the molecule is NNC(Cc1cc(Cl)ccc1Cl)c1ccc(F)cc1I. The number of hydrogen-bond donors (Lipinski definition) is 2. The Balaban J connectivity index is 2.31. The smallest absolute Gasteiger partial charge is 0.124 e. The molecule has 0 saturated heterocycles. The van der Waals surface area contributed by atoms with Gasteiger partial charge in [0.2, 0.25) is 0 Å². The van der Waals surface area contributed by atoms with Crippen LogP contribution in [0, 0.1) is 9.39 Å². The fraction of sp³-hybridized carbons (Fsp3) is 0.143. The van der Waals surface area contributed by atoms with Crippen molar-refractivity contribution >= 4 is 45.8 Å². The van der Waals surface area contributed by atoms with Gasteiger partial charge in [-0.15, -0.1) is 0 Å². The largest absolute Gasteiger partial charge is 0.271 e. The van der Waals surface area contributed by atoms with Gasteiger partial charge in [-0.05, 0) is 70.5 Å². The summed E-state index contributed by atoms with van der Waals surface area (Å²) in [5.41, 5.74) is 4.56. The molecule has 2 aromatic carbocycles. The number of rotatable bonds is 4. The average molecular weight is 425 g/mol. The molecule has 0 aromatic heterocycles. The van der Waals surface area contributed by atoms with Crippen LogP contribution in [-0.4, -0.2) is 0 Å². The standard InChI is InChI=1S/C14H12Cl2FIN2/c15-9-1-4-12(16)8(5-9)6-14(20-19)11-3-2-10(17)7-13(11)18/h1-5,7,14,20H,6,19H2. The summed E-state index contributed by atoms with van der Waals surface area (Å²) in [4.78, 5) is 0. The van der Waals surface area contributed by atoms with E-state index in [9.17, 15) is 4.39 Å². The van der Waals surface area contributed by atoms with Gasteiger partial charge in [-0.25, -0.2) is 4.39 Å². The summed E-state index contributed by atoms with van der Waals surface area (Å²) in [6.45, 7) is 0. The Bertz CT molecular complexity index is 622. The maximum absolute atomic E-state index is 13.2. The second-order valence-electron chi connectivity index (χ2n) is 4.32. The van der Waals surface area contributed by atoms with Gasteiger partial charge in [0, 0.05) is 13.6 Å². The molecule has 106 valence electrons. The van der Waals surface area contributed by atoms with Crippen molar-refractivity contribution in [2.45, 2.75) is 12.5 Å². The summed E-state index contributed by atoms with van der Waals surface area (Å²) in [6.07, 6.45) is 0.567. The molecule has 0 aliphatic rings. The van der Waals surface area contributed by atoms with E-state index in [4.69, 9.17) is 29.0 Å². The van der Waals surface area contributed by atoms with Gasteiger partial charge < -0.3 is 0 Å². The minimum Gasteiger partial charge on any atom is -0.271 e. The van der Waals surface area contributed by atoms with Crippen molar-refractivity contribution in [3.63, 3.8) is 0 Å². The first-order valence-electron chi connectivity index (χ1n) is 5.86. The van der Waals surface area contributed by atoms with Gasteiger partial charge in [0.1, 0.15) is 5.82 Å². The molecular formula is C14H12Cl2FIN2. The Morgan fingerprint density at radius 1 is 1.20 bits per heavy atom. The highest BCUT2D eigenvalue weighted by Gasteiger charge is 2.16. The number of hydrazine groups is 1. The van der Waals surface area contributed by atoms with E-state index in [1.807, 2.05) is 6.07 Å². The summed E-state index contributed by atoms with van der Waals surface area (Å²) >= 11 is 14.2. The minimum atomic E-state index is -0.269. The van der Waals surface area contributed by atoms with Gasteiger partial charge in [0.25, 0.3) is 0 Å². The molecule has 0 saturated carbocycles. The Morgan fingerprint density at radius 3 is 2.60 bits per heavy atom. The lowest BCUT2D eigenvalue weighted by molar-refractivity contribution is 0.547. The van der Waals surface area contributed by atoms with E-state index in [1.54, 1.807) is 18.2 Å². The van der Waals surface area contributed by atoms with E-state index in [2.05, 4.69) is 28.0 Å². The highest BCUT2D eigenvalue weighted by atomic mass is 127. The van der Waals surface area contributed by atoms with Gasteiger partial charge in [0.05, 0.1) is 6.04 Å². The Hall–Kier alpha value is -0.400. The molecule has 0 heterocycles. The normalized spacial score (nSPS) is 12.4. The first-order valence-corrected chi connectivity index (χ1v) is 7.69. The summed E-state index contributed by atoms with van der Waals surface area (Å²) < 4.78 is 14.0. The van der Waals surface area contributed by atoms with Crippen molar-refractivity contribution < 1.29 is 4.39 Å². The van der Waals surface area contributed by atoms with Crippen LogP contribution in [0.2, 0.25) is 10.0 Å². The number of nitrogens with one attached hydrogen (secondary N) is 1. The molecule has 0 fully saturated rings. The molecule has 0 aliphatic heterocycles. The zero-order valence-corrected chi connectivity index (χ0v) is 14.0. The van der Waals surface area contributed by atoms with Gasteiger partial charge >= 0.3 is 0 Å². The summed E-state index contributed by atoms with van der Waals surface area (Å²) in [6, 6.07) is 9.74. The van der Waals surface area contributed by atoms with Gasteiger partial charge in [0.15, 0.2) is 0 Å². The van der Waals surface area contributed by atoms with E-state index in [0.29, 0.717) is 16.5 Å². The molecule has 0 amide bonds. The third kappa shape index (κ3) is 3.83. The lowest BCUT2D eigenvalue weighted by Crippen LogP contribution is -2.30. The zero-order chi connectivity index (χ0) is 14.7. The van der Waals surface area contributed by atoms with Crippen molar-refractivity contribution in [2.24, 2.45) is 5.84 Å². The van der Waals surface area contributed by atoms with Crippen molar-refractivity contribution in [3.8, 4) is 0 Å². The summed E-state index contributed by atoms with van der Waals surface area (Å²) in [5.74, 6) is 5.36.